The second-order valence-electron chi connectivity index (χ2n) is 5.49. The molecule has 1 unspecified atom stereocenters. The maximum Gasteiger partial charge on any atom is 0.339 e. The summed E-state index contributed by atoms with van der Waals surface area (Å²) in [6, 6.07) is 0. The summed E-state index contributed by atoms with van der Waals surface area (Å²) in [6.45, 7) is 11.8. The van der Waals surface area contributed by atoms with Crippen molar-refractivity contribution in [2.45, 2.75) is 52.7 Å². The number of carbonyl (C=O) groups excluding carboxylic acids is 1. The Morgan fingerprint density at radius 2 is 1.74 bits per heavy atom. The lowest BCUT2D eigenvalue weighted by Crippen LogP contribution is -2.54. The van der Waals surface area contributed by atoms with Gasteiger partial charge in [0.05, 0.1) is 6.10 Å². The van der Waals surface area contributed by atoms with Gasteiger partial charge in [0.2, 0.25) is 0 Å². The van der Waals surface area contributed by atoms with Crippen LogP contribution in [0.4, 0.5) is 0 Å². The zero-order valence-corrected chi connectivity index (χ0v) is 12.3. The molecule has 0 saturated carbocycles. The molecule has 0 aromatic carbocycles. The summed E-state index contributed by atoms with van der Waals surface area (Å²) in [5.41, 5.74) is -1.47. The van der Waals surface area contributed by atoms with E-state index in [0.717, 1.165) is 0 Å². The lowest BCUT2D eigenvalue weighted by Gasteiger charge is -2.35. The van der Waals surface area contributed by atoms with Crippen molar-refractivity contribution in [2.24, 2.45) is 11.8 Å². The van der Waals surface area contributed by atoms with Crippen molar-refractivity contribution in [3.05, 3.63) is 12.2 Å². The number of allylic oxidation sites excluding steroid dienone is 1. The van der Waals surface area contributed by atoms with Gasteiger partial charge >= 0.3 is 11.9 Å². The predicted molar refractivity (Wildman–Crippen MR) is 71.6 cm³/mol. The third-order valence-electron chi connectivity index (χ3n) is 2.93. The summed E-state index contributed by atoms with van der Waals surface area (Å²) in [5.74, 6) is -3.98. The van der Waals surface area contributed by atoms with E-state index < -0.39 is 35.5 Å². The van der Waals surface area contributed by atoms with Crippen LogP contribution in [0.2, 0.25) is 0 Å². The normalized spacial score (nSPS) is 16.0. The van der Waals surface area contributed by atoms with Gasteiger partial charge in [0, 0.05) is 0 Å². The van der Waals surface area contributed by atoms with Crippen LogP contribution in [-0.2, 0) is 14.3 Å². The first-order valence-electron chi connectivity index (χ1n) is 6.34. The summed E-state index contributed by atoms with van der Waals surface area (Å²) in [7, 11) is 0. The highest BCUT2D eigenvalue weighted by Crippen LogP contribution is 2.33. The van der Waals surface area contributed by atoms with Gasteiger partial charge in [-0.3, -0.25) is 4.79 Å². The fraction of sp³-hybridized carbons (Fsp3) is 0.714. The molecule has 0 aliphatic rings. The molecule has 0 saturated heterocycles. The minimum Gasteiger partial charge on any atom is -0.481 e. The quantitative estimate of drug-likeness (QED) is 0.547. The van der Waals surface area contributed by atoms with Crippen LogP contribution in [0.3, 0.4) is 0 Å². The van der Waals surface area contributed by atoms with Gasteiger partial charge in [0.1, 0.15) is 5.92 Å². The summed E-state index contributed by atoms with van der Waals surface area (Å²) in [5, 5.41) is 19.9. The Hall–Kier alpha value is -1.36. The largest absolute Gasteiger partial charge is 0.481 e. The van der Waals surface area contributed by atoms with E-state index in [1.165, 1.54) is 0 Å². The van der Waals surface area contributed by atoms with E-state index in [1.54, 1.807) is 34.6 Å². The fourth-order valence-electron chi connectivity index (χ4n) is 1.87. The van der Waals surface area contributed by atoms with Crippen molar-refractivity contribution >= 4 is 11.9 Å². The van der Waals surface area contributed by atoms with Gasteiger partial charge in [-0.2, -0.15) is 0 Å². The average Bonchev–Trinajstić information content (AvgIpc) is 2.22. The first-order valence-corrected chi connectivity index (χ1v) is 6.34. The van der Waals surface area contributed by atoms with E-state index in [2.05, 4.69) is 6.58 Å². The first kappa shape index (κ1) is 17.6. The number of hydrogen-bond donors (Lipinski definition) is 2. The lowest BCUT2D eigenvalue weighted by atomic mass is 9.75. The number of carboxylic acids is 1. The van der Waals surface area contributed by atoms with Gasteiger partial charge < -0.3 is 14.9 Å². The highest BCUT2D eigenvalue weighted by atomic mass is 16.6. The van der Waals surface area contributed by atoms with Crippen LogP contribution in [-0.4, -0.2) is 33.9 Å². The molecule has 0 heterocycles. The molecule has 0 aromatic rings. The molecule has 2 N–H and O–H groups in total. The topological polar surface area (TPSA) is 83.8 Å². The van der Waals surface area contributed by atoms with Gasteiger partial charge in [-0.1, -0.05) is 19.4 Å². The summed E-state index contributed by atoms with van der Waals surface area (Å²) >= 11 is 0. The van der Waals surface area contributed by atoms with Crippen LogP contribution in [0.25, 0.3) is 0 Å². The van der Waals surface area contributed by atoms with Crippen LogP contribution in [0.15, 0.2) is 12.2 Å². The van der Waals surface area contributed by atoms with Crippen LogP contribution in [0.5, 0.6) is 0 Å². The Balaban J connectivity index is 5.50. The second kappa shape index (κ2) is 6.70. The molecule has 0 spiro atoms. The summed E-state index contributed by atoms with van der Waals surface area (Å²) in [4.78, 5) is 23.4. The third-order valence-corrected chi connectivity index (χ3v) is 2.93. The minimum atomic E-state index is -2.06. The molecule has 5 heteroatoms. The van der Waals surface area contributed by atoms with E-state index in [0.29, 0.717) is 5.57 Å². The highest BCUT2D eigenvalue weighted by Gasteiger charge is 2.51. The first-order chi connectivity index (χ1) is 8.53. The zero-order valence-electron chi connectivity index (χ0n) is 12.3. The molecule has 0 bridgehead atoms. The predicted octanol–water partition coefficient (Wildman–Crippen LogP) is 1.99. The number of aliphatic hydroxyl groups is 1. The molecular weight excluding hydrogens is 248 g/mol. The Kier molecular flexibility index (Phi) is 6.22. The Morgan fingerprint density at radius 3 is 2.00 bits per heavy atom. The Bertz CT molecular complexity index is 359. The maximum absolute atomic E-state index is 12.1. The smallest absolute Gasteiger partial charge is 0.339 e. The molecule has 0 amide bonds. The molecule has 0 aliphatic heterocycles. The Labute approximate surface area is 114 Å². The standard InChI is InChI=1S/C14H24O5/c1-8(2)7-11(12(15)16)14(18,9(3)4)13(17)19-10(5)6/h9-11,18H,1,7H2,2-6H3,(H,15,16)/t11-,14?/m0/s1. The molecule has 0 fully saturated rings. The zero-order chi connectivity index (χ0) is 15.4. The number of carboxylic acid groups (broad SMARTS) is 1. The minimum absolute atomic E-state index is 0.0250. The molecule has 2 atom stereocenters. The van der Waals surface area contributed by atoms with Crippen molar-refractivity contribution < 1.29 is 24.5 Å². The molecular formula is C14H24O5. The molecule has 0 radical (unpaired) electrons. The lowest BCUT2D eigenvalue weighted by molar-refractivity contribution is -0.189. The van der Waals surface area contributed by atoms with Gasteiger partial charge in [0.15, 0.2) is 5.60 Å². The maximum atomic E-state index is 12.1. The summed E-state index contributed by atoms with van der Waals surface area (Å²) in [6.07, 6.45) is -0.394. The van der Waals surface area contributed by atoms with E-state index >= 15 is 0 Å². The van der Waals surface area contributed by atoms with Crippen molar-refractivity contribution in [1.82, 2.24) is 0 Å². The molecule has 0 rings (SSSR count). The van der Waals surface area contributed by atoms with Crippen LogP contribution < -0.4 is 0 Å². The SMILES string of the molecule is C=C(C)C[C@@H](C(=O)O)C(O)(C(=O)OC(C)C)C(C)C. The van der Waals surface area contributed by atoms with Gasteiger partial charge in [0.25, 0.3) is 0 Å². The number of ether oxygens (including phenoxy) is 1. The monoisotopic (exact) mass is 272 g/mol. The van der Waals surface area contributed by atoms with Crippen molar-refractivity contribution in [3.63, 3.8) is 0 Å². The number of carbonyl (C=O) groups is 2. The molecule has 19 heavy (non-hydrogen) atoms. The second-order valence-corrected chi connectivity index (χ2v) is 5.49. The van der Waals surface area contributed by atoms with Crippen LogP contribution in [0, 0.1) is 11.8 Å². The van der Waals surface area contributed by atoms with E-state index in [-0.39, 0.29) is 6.42 Å². The fourth-order valence-corrected chi connectivity index (χ4v) is 1.87. The van der Waals surface area contributed by atoms with Crippen molar-refractivity contribution in [2.75, 3.05) is 0 Å². The number of esters is 1. The van der Waals surface area contributed by atoms with Gasteiger partial charge in [-0.05, 0) is 33.1 Å². The van der Waals surface area contributed by atoms with Crippen LogP contribution in [0.1, 0.15) is 41.0 Å². The average molecular weight is 272 g/mol. The number of rotatable bonds is 7. The molecule has 5 nitrogen and oxygen atoms in total. The Morgan fingerprint density at radius 1 is 1.26 bits per heavy atom. The third kappa shape index (κ3) is 4.35. The number of aliphatic carboxylic acids is 1. The van der Waals surface area contributed by atoms with Gasteiger partial charge in [-0.15, -0.1) is 6.58 Å². The van der Waals surface area contributed by atoms with E-state index in [1.807, 2.05) is 0 Å². The molecule has 110 valence electrons. The molecule has 0 aromatic heterocycles. The highest BCUT2D eigenvalue weighted by molar-refractivity contribution is 5.87. The van der Waals surface area contributed by atoms with Crippen molar-refractivity contribution in [3.8, 4) is 0 Å². The van der Waals surface area contributed by atoms with Crippen LogP contribution >= 0.6 is 0 Å². The summed E-state index contributed by atoms with van der Waals surface area (Å²) < 4.78 is 5.01. The van der Waals surface area contributed by atoms with E-state index in [9.17, 15) is 19.8 Å². The van der Waals surface area contributed by atoms with Crippen molar-refractivity contribution in [1.29, 1.82) is 0 Å². The van der Waals surface area contributed by atoms with Gasteiger partial charge in [-0.25, -0.2) is 4.79 Å². The van der Waals surface area contributed by atoms with E-state index in [4.69, 9.17) is 4.74 Å². The number of hydrogen-bond acceptors (Lipinski definition) is 4. The molecule has 0 aliphatic carbocycles.